The molecule has 28 heavy (non-hydrogen) atoms. The number of Topliss-reactive ketones (excluding diaryl/α,β-unsaturated/α-hetero) is 1. The lowest BCUT2D eigenvalue weighted by atomic mass is 9.87. The van der Waals surface area contributed by atoms with Crippen LogP contribution in [0.15, 0.2) is 48.5 Å². The van der Waals surface area contributed by atoms with Gasteiger partial charge in [0.05, 0.1) is 12.1 Å². The molecule has 0 bridgehead atoms. The van der Waals surface area contributed by atoms with Gasteiger partial charge in [-0.2, -0.15) is 0 Å². The van der Waals surface area contributed by atoms with E-state index < -0.39 is 23.3 Å². The molecule has 1 atom stereocenters. The van der Waals surface area contributed by atoms with Crippen LogP contribution in [0.25, 0.3) is 0 Å². The van der Waals surface area contributed by atoms with E-state index in [4.69, 9.17) is 4.74 Å². The second-order valence-corrected chi connectivity index (χ2v) is 6.55. The molecule has 1 fully saturated rings. The standard InChI is InChI=1S/C21H21FN2O4/c1-3-21(15-8-10-16(22)11-9-15)19(26)24(20(27)23-21)12-13-28-18-7-5-4-6-17(18)14(2)25/h4-11H,3,12-13H2,1-2H3,(H,23,27)/t21-/m0/s1. The Kier molecular flexibility index (Phi) is 5.44. The Hall–Kier alpha value is -3.22. The van der Waals surface area contributed by atoms with Gasteiger partial charge in [-0.05, 0) is 43.2 Å². The first-order valence-corrected chi connectivity index (χ1v) is 9.02. The van der Waals surface area contributed by atoms with Crippen LogP contribution in [0.1, 0.15) is 36.2 Å². The first-order valence-electron chi connectivity index (χ1n) is 9.02. The number of ketones is 1. The maximum atomic E-state index is 13.2. The summed E-state index contributed by atoms with van der Waals surface area (Å²) < 4.78 is 18.9. The van der Waals surface area contributed by atoms with E-state index in [0.717, 1.165) is 4.90 Å². The number of amides is 3. The Morgan fingerprint density at radius 1 is 1.14 bits per heavy atom. The molecule has 1 saturated heterocycles. The molecule has 1 aliphatic heterocycles. The van der Waals surface area contributed by atoms with E-state index in [0.29, 0.717) is 23.3 Å². The molecule has 6 nitrogen and oxygen atoms in total. The second-order valence-electron chi connectivity index (χ2n) is 6.55. The van der Waals surface area contributed by atoms with Crippen molar-refractivity contribution in [3.05, 3.63) is 65.5 Å². The summed E-state index contributed by atoms with van der Waals surface area (Å²) in [7, 11) is 0. The van der Waals surface area contributed by atoms with Crippen molar-refractivity contribution < 1.29 is 23.5 Å². The van der Waals surface area contributed by atoms with Gasteiger partial charge in [0.15, 0.2) is 5.78 Å². The average Bonchev–Trinajstić information content (AvgIpc) is 2.93. The summed E-state index contributed by atoms with van der Waals surface area (Å²) in [6.45, 7) is 3.30. The minimum absolute atomic E-state index is 0.0276. The second kappa shape index (κ2) is 7.80. The molecule has 3 rings (SSSR count). The van der Waals surface area contributed by atoms with Gasteiger partial charge in [0, 0.05) is 0 Å². The maximum absolute atomic E-state index is 13.2. The van der Waals surface area contributed by atoms with Gasteiger partial charge in [0.1, 0.15) is 23.7 Å². The molecular formula is C21H21FN2O4. The van der Waals surface area contributed by atoms with Crippen LogP contribution in [-0.2, 0) is 10.3 Å². The molecule has 0 radical (unpaired) electrons. The normalized spacial score (nSPS) is 18.9. The molecule has 2 aromatic carbocycles. The molecule has 0 saturated carbocycles. The number of hydrogen-bond acceptors (Lipinski definition) is 4. The maximum Gasteiger partial charge on any atom is 0.325 e. The van der Waals surface area contributed by atoms with Gasteiger partial charge in [-0.25, -0.2) is 9.18 Å². The summed E-state index contributed by atoms with van der Waals surface area (Å²) in [6, 6.07) is 11.8. The van der Waals surface area contributed by atoms with Crippen LogP contribution < -0.4 is 10.1 Å². The van der Waals surface area contributed by atoms with Crippen molar-refractivity contribution in [2.45, 2.75) is 25.8 Å². The predicted molar refractivity (Wildman–Crippen MR) is 101 cm³/mol. The number of nitrogens with one attached hydrogen (secondary N) is 1. The first-order chi connectivity index (χ1) is 13.4. The van der Waals surface area contributed by atoms with Crippen LogP contribution in [0.4, 0.5) is 9.18 Å². The Morgan fingerprint density at radius 2 is 1.82 bits per heavy atom. The molecule has 0 unspecified atom stereocenters. The molecule has 146 valence electrons. The number of carbonyl (C=O) groups is 3. The minimum atomic E-state index is -1.22. The molecule has 1 heterocycles. The van der Waals surface area contributed by atoms with Crippen molar-refractivity contribution in [3.63, 3.8) is 0 Å². The predicted octanol–water partition coefficient (Wildman–Crippen LogP) is 3.26. The zero-order valence-electron chi connectivity index (χ0n) is 15.7. The Morgan fingerprint density at radius 3 is 2.46 bits per heavy atom. The topological polar surface area (TPSA) is 75.7 Å². The summed E-state index contributed by atoms with van der Waals surface area (Å²) in [5, 5.41) is 2.74. The summed E-state index contributed by atoms with van der Waals surface area (Å²) in [4.78, 5) is 38.2. The molecule has 7 heteroatoms. The zero-order valence-corrected chi connectivity index (χ0v) is 15.7. The van der Waals surface area contributed by atoms with Crippen LogP contribution in [0, 0.1) is 5.82 Å². The zero-order chi connectivity index (χ0) is 20.3. The number of ether oxygens (including phenoxy) is 1. The molecule has 2 aromatic rings. The SMILES string of the molecule is CC[C@@]1(c2ccc(F)cc2)NC(=O)N(CCOc2ccccc2C(C)=O)C1=O. The minimum Gasteiger partial charge on any atom is -0.491 e. The lowest BCUT2D eigenvalue weighted by molar-refractivity contribution is -0.132. The van der Waals surface area contributed by atoms with Gasteiger partial charge in [-0.15, -0.1) is 0 Å². The number of carbonyl (C=O) groups excluding carboxylic acids is 3. The lowest BCUT2D eigenvalue weighted by Crippen LogP contribution is -2.43. The van der Waals surface area contributed by atoms with Crippen LogP contribution >= 0.6 is 0 Å². The largest absolute Gasteiger partial charge is 0.491 e. The molecule has 1 N–H and O–H groups in total. The van der Waals surface area contributed by atoms with Crippen molar-refractivity contribution in [3.8, 4) is 5.75 Å². The van der Waals surface area contributed by atoms with Crippen LogP contribution in [0.5, 0.6) is 5.75 Å². The van der Waals surface area contributed by atoms with Crippen molar-refractivity contribution in [2.24, 2.45) is 0 Å². The molecular weight excluding hydrogens is 363 g/mol. The van der Waals surface area contributed by atoms with E-state index in [1.807, 2.05) is 0 Å². The van der Waals surface area contributed by atoms with Crippen molar-refractivity contribution in [1.82, 2.24) is 10.2 Å². The number of urea groups is 1. The van der Waals surface area contributed by atoms with Crippen LogP contribution in [0.2, 0.25) is 0 Å². The first kappa shape index (κ1) is 19.5. The highest BCUT2D eigenvalue weighted by atomic mass is 19.1. The quantitative estimate of drug-likeness (QED) is 0.587. The van der Waals surface area contributed by atoms with Crippen LogP contribution in [-0.4, -0.2) is 35.8 Å². The van der Waals surface area contributed by atoms with Gasteiger partial charge in [-0.3, -0.25) is 14.5 Å². The molecule has 0 spiro atoms. The number of para-hydroxylation sites is 1. The highest BCUT2D eigenvalue weighted by molar-refractivity contribution is 6.07. The van der Waals surface area contributed by atoms with Crippen molar-refractivity contribution >= 4 is 17.7 Å². The Bertz CT molecular complexity index is 913. The molecule has 0 aromatic heterocycles. The van der Waals surface area contributed by atoms with Crippen molar-refractivity contribution in [2.75, 3.05) is 13.2 Å². The third-order valence-electron chi connectivity index (χ3n) is 4.88. The Labute approximate surface area is 162 Å². The molecule has 3 amide bonds. The van der Waals surface area contributed by atoms with Gasteiger partial charge in [0.2, 0.25) is 0 Å². The third kappa shape index (κ3) is 3.47. The fourth-order valence-corrected chi connectivity index (χ4v) is 3.33. The van der Waals surface area contributed by atoms with E-state index in [9.17, 15) is 18.8 Å². The van der Waals surface area contributed by atoms with E-state index in [1.54, 1.807) is 31.2 Å². The smallest absolute Gasteiger partial charge is 0.325 e. The molecule has 1 aliphatic rings. The molecule has 0 aliphatic carbocycles. The fourth-order valence-electron chi connectivity index (χ4n) is 3.33. The third-order valence-corrected chi connectivity index (χ3v) is 4.88. The number of hydrogen-bond donors (Lipinski definition) is 1. The van der Waals surface area contributed by atoms with E-state index in [1.165, 1.54) is 31.2 Å². The number of halogens is 1. The summed E-state index contributed by atoms with van der Waals surface area (Å²) in [5.41, 5.74) is -0.253. The summed E-state index contributed by atoms with van der Waals surface area (Å²) in [6.07, 6.45) is 0.327. The number of rotatable bonds is 7. The van der Waals surface area contributed by atoms with Gasteiger partial charge in [-0.1, -0.05) is 31.2 Å². The monoisotopic (exact) mass is 384 g/mol. The Balaban J connectivity index is 1.74. The highest BCUT2D eigenvalue weighted by Crippen LogP contribution is 2.32. The van der Waals surface area contributed by atoms with Gasteiger partial charge >= 0.3 is 6.03 Å². The van der Waals surface area contributed by atoms with Crippen LogP contribution in [0.3, 0.4) is 0 Å². The van der Waals surface area contributed by atoms with E-state index in [-0.39, 0.29) is 18.9 Å². The lowest BCUT2D eigenvalue weighted by Gasteiger charge is -2.25. The van der Waals surface area contributed by atoms with Gasteiger partial charge in [0.25, 0.3) is 5.91 Å². The van der Waals surface area contributed by atoms with E-state index >= 15 is 0 Å². The fraction of sp³-hybridized carbons (Fsp3) is 0.286. The average molecular weight is 384 g/mol. The summed E-state index contributed by atoms with van der Waals surface area (Å²) >= 11 is 0. The van der Waals surface area contributed by atoms with Crippen molar-refractivity contribution in [1.29, 1.82) is 0 Å². The van der Waals surface area contributed by atoms with E-state index in [2.05, 4.69) is 5.32 Å². The van der Waals surface area contributed by atoms with Gasteiger partial charge < -0.3 is 10.1 Å². The highest BCUT2D eigenvalue weighted by Gasteiger charge is 2.51. The number of benzene rings is 2. The number of nitrogens with zero attached hydrogens (tertiary/aromatic N) is 1. The summed E-state index contributed by atoms with van der Waals surface area (Å²) in [5.74, 6) is -0.550. The number of imide groups is 1.